The van der Waals surface area contributed by atoms with E-state index in [4.69, 9.17) is 16.2 Å². The van der Waals surface area contributed by atoms with Crippen molar-refractivity contribution in [3.63, 3.8) is 0 Å². The number of hydrogen-bond acceptors (Lipinski definition) is 4. The number of nitrogens with zero attached hydrogens (tertiary/aromatic N) is 2. The van der Waals surface area contributed by atoms with E-state index in [1.165, 1.54) is 141 Å². The molecule has 0 aliphatic rings. The summed E-state index contributed by atoms with van der Waals surface area (Å²) < 4.78 is 5.37. The predicted octanol–water partition coefficient (Wildman–Crippen LogP) is 10.7. The molecular weight excluding hydrogens is 580 g/mol. The zero-order chi connectivity index (χ0) is 34.3. The van der Waals surface area contributed by atoms with Crippen molar-refractivity contribution in [1.82, 2.24) is 4.90 Å². The Bertz CT molecular complexity index is 766. The normalized spacial score (nSPS) is 12.1. The summed E-state index contributed by atoms with van der Waals surface area (Å²) in [6.07, 6.45) is 49.0. The highest BCUT2D eigenvalue weighted by atomic mass is 16.5. The summed E-state index contributed by atoms with van der Waals surface area (Å²) >= 11 is 0. The molecule has 0 aromatic rings. The summed E-state index contributed by atoms with van der Waals surface area (Å²) in [7, 11) is 0. The summed E-state index contributed by atoms with van der Waals surface area (Å²) in [4.78, 5) is 18.1. The molecule has 47 heavy (non-hydrogen) atoms. The maximum absolute atomic E-state index is 11.9. The molecule has 0 aromatic heterocycles. The van der Waals surface area contributed by atoms with Crippen molar-refractivity contribution < 1.29 is 9.53 Å². The number of carbonyl (C=O) groups excluding carboxylic acids is 1. The van der Waals surface area contributed by atoms with Crippen LogP contribution in [-0.2, 0) is 9.53 Å². The van der Waals surface area contributed by atoms with Crippen LogP contribution in [0.4, 0.5) is 0 Å². The third kappa shape index (κ3) is 38.0. The van der Waals surface area contributed by atoms with Gasteiger partial charge in [0, 0.05) is 6.54 Å². The molecule has 0 saturated carbocycles. The van der Waals surface area contributed by atoms with Crippen molar-refractivity contribution in [2.45, 2.75) is 168 Å². The number of esters is 1. The van der Waals surface area contributed by atoms with E-state index < -0.39 is 0 Å². The van der Waals surface area contributed by atoms with Gasteiger partial charge in [-0.1, -0.05) is 140 Å². The smallest absolute Gasteiger partial charge is 0.327 e. The van der Waals surface area contributed by atoms with Crippen LogP contribution >= 0.6 is 0 Å². The molecule has 0 aliphatic carbocycles. The third-order valence-electron chi connectivity index (χ3n) is 8.41. The first-order chi connectivity index (χ1) is 23.1. The van der Waals surface area contributed by atoms with E-state index in [0.717, 1.165) is 32.5 Å². The van der Waals surface area contributed by atoms with Gasteiger partial charge < -0.3 is 16.2 Å². The first kappa shape index (κ1) is 44.7. The van der Waals surface area contributed by atoms with Gasteiger partial charge in [0.05, 0.1) is 0 Å². The lowest BCUT2D eigenvalue weighted by Gasteiger charge is -2.22. The molecule has 0 bridgehead atoms. The molecule has 6 heteroatoms. The van der Waals surface area contributed by atoms with Gasteiger partial charge in [-0.3, -0.25) is 9.69 Å². The number of carbonyl (C=O) groups is 1. The number of allylic oxidation sites excluding steroid dienone is 8. The SMILES string of the molecule is CCCCC/C=C\C/C=C\CCCCCCCCN(CCCCCCCC/C=C\C/C=C\CCCCC)CCOC(=O)CN=C(N)N. The van der Waals surface area contributed by atoms with E-state index in [-0.39, 0.29) is 18.5 Å². The Morgan fingerprint density at radius 1 is 0.532 bits per heavy atom. The first-order valence-corrected chi connectivity index (χ1v) is 19.6. The van der Waals surface area contributed by atoms with Gasteiger partial charge >= 0.3 is 5.97 Å². The van der Waals surface area contributed by atoms with E-state index >= 15 is 0 Å². The van der Waals surface area contributed by atoms with Crippen LogP contribution in [0.1, 0.15) is 168 Å². The molecule has 6 nitrogen and oxygen atoms in total. The molecule has 0 unspecified atom stereocenters. The van der Waals surface area contributed by atoms with E-state index in [9.17, 15) is 4.79 Å². The Morgan fingerprint density at radius 2 is 0.915 bits per heavy atom. The van der Waals surface area contributed by atoms with E-state index in [2.05, 4.69) is 72.3 Å². The van der Waals surface area contributed by atoms with Gasteiger partial charge in [0.25, 0.3) is 0 Å². The topological polar surface area (TPSA) is 93.9 Å². The van der Waals surface area contributed by atoms with Gasteiger partial charge in [-0.2, -0.15) is 0 Å². The van der Waals surface area contributed by atoms with Gasteiger partial charge in [-0.25, -0.2) is 4.99 Å². The van der Waals surface area contributed by atoms with Crippen LogP contribution in [-0.4, -0.2) is 49.6 Å². The molecule has 0 rings (SSSR count). The Kier molecular flexibility index (Phi) is 36.2. The van der Waals surface area contributed by atoms with Gasteiger partial charge in [0.2, 0.25) is 0 Å². The molecule has 0 fully saturated rings. The fourth-order valence-corrected chi connectivity index (χ4v) is 5.47. The van der Waals surface area contributed by atoms with Crippen LogP contribution in [0.15, 0.2) is 53.6 Å². The van der Waals surface area contributed by atoms with E-state index in [0.29, 0.717) is 6.61 Å². The molecule has 0 heterocycles. The van der Waals surface area contributed by atoms with Crippen molar-refractivity contribution in [1.29, 1.82) is 0 Å². The number of rotatable bonds is 35. The minimum Gasteiger partial charge on any atom is -0.463 e. The first-order valence-electron chi connectivity index (χ1n) is 19.6. The number of hydrogen-bond donors (Lipinski definition) is 2. The predicted molar refractivity (Wildman–Crippen MR) is 207 cm³/mol. The monoisotopic (exact) mass is 657 g/mol. The molecule has 0 radical (unpaired) electrons. The quantitative estimate of drug-likeness (QED) is 0.0233. The van der Waals surface area contributed by atoms with Crippen LogP contribution < -0.4 is 11.5 Å². The Hall–Kier alpha value is -2.34. The van der Waals surface area contributed by atoms with Crippen molar-refractivity contribution in [2.24, 2.45) is 16.5 Å². The summed E-state index contributed by atoms with van der Waals surface area (Å²) in [5, 5.41) is 0. The van der Waals surface area contributed by atoms with Gasteiger partial charge in [-0.15, -0.1) is 0 Å². The standard InChI is InChI=1S/C41H76N4O2/c1-3-5-7-9-11-13-15-17-19-21-23-25-27-29-31-33-35-45(37-38-47-40(46)39-44-41(42)43)36-34-32-30-28-26-24-22-20-18-16-14-12-10-8-6-4-2/h11-14,17-20H,3-10,15-16,21-39H2,1-2H3,(H4,42,43,44)/b13-11-,14-12-,19-17-,20-18-. The molecule has 0 atom stereocenters. The van der Waals surface area contributed by atoms with Gasteiger partial charge in [0.15, 0.2) is 5.96 Å². The number of guanidine groups is 1. The summed E-state index contributed by atoms with van der Waals surface area (Å²) in [6, 6.07) is 0. The average Bonchev–Trinajstić information content (AvgIpc) is 3.06. The van der Waals surface area contributed by atoms with Crippen LogP contribution in [0.25, 0.3) is 0 Å². The number of ether oxygens (including phenoxy) is 1. The molecule has 0 aromatic carbocycles. The maximum atomic E-state index is 11.9. The second kappa shape index (κ2) is 38.1. The average molecular weight is 657 g/mol. The lowest BCUT2D eigenvalue weighted by Crippen LogP contribution is -2.31. The highest BCUT2D eigenvalue weighted by molar-refractivity contribution is 5.80. The molecule has 272 valence electrons. The minimum atomic E-state index is -0.374. The highest BCUT2D eigenvalue weighted by Crippen LogP contribution is 2.11. The fourth-order valence-electron chi connectivity index (χ4n) is 5.47. The summed E-state index contributed by atoms with van der Waals surface area (Å²) in [6.45, 7) is 7.70. The highest BCUT2D eigenvalue weighted by Gasteiger charge is 2.08. The Morgan fingerprint density at radius 3 is 1.32 bits per heavy atom. The van der Waals surface area contributed by atoms with Crippen molar-refractivity contribution in [3.8, 4) is 0 Å². The molecule has 0 aliphatic heterocycles. The zero-order valence-corrected chi connectivity index (χ0v) is 31.0. The largest absolute Gasteiger partial charge is 0.463 e. The summed E-state index contributed by atoms with van der Waals surface area (Å²) in [5.74, 6) is -0.459. The van der Waals surface area contributed by atoms with Crippen LogP contribution in [0, 0.1) is 0 Å². The van der Waals surface area contributed by atoms with Crippen molar-refractivity contribution >= 4 is 11.9 Å². The van der Waals surface area contributed by atoms with Gasteiger partial charge in [-0.05, 0) is 90.1 Å². The Balaban J connectivity index is 4.05. The third-order valence-corrected chi connectivity index (χ3v) is 8.41. The van der Waals surface area contributed by atoms with Gasteiger partial charge in [0.1, 0.15) is 13.2 Å². The van der Waals surface area contributed by atoms with Crippen LogP contribution in [0.2, 0.25) is 0 Å². The molecule has 0 spiro atoms. The lowest BCUT2D eigenvalue weighted by atomic mass is 10.1. The van der Waals surface area contributed by atoms with Crippen LogP contribution in [0.3, 0.4) is 0 Å². The number of nitrogens with two attached hydrogens (primary N) is 2. The number of unbranched alkanes of at least 4 members (excludes halogenated alkanes) is 18. The second-order valence-corrected chi connectivity index (χ2v) is 13.0. The Labute approximate surface area is 291 Å². The molecular formula is C41H76N4O2. The number of aliphatic imine (C=N–C) groups is 1. The second-order valence-electron chi connectivity index (χ2n) is 13.0. The fraction of sp³-hybridized carbons (Fsp3) is 0.756. The van der Waals surface area contributed by atoms with E-state index in [1.807, 2.05) is 0 Å². The molecule has 0 saturated heterocycles. The van der Waals surface area contributed by atoms with Crippen molar-refractivity contribution in [2.75, 3.05) is 32.8 Å². The molecule has 4 N–H and O–H groups in total. The summed E-state index contributed by atoms with van der Waals surface area (Å²) in [5.41, 5.74) is 10.6. The van der Waals surface area contributed by atoms with Crippen molar-refractivity contribution in [3.05, 3.63) is 48.6 Å². The zero-order valence-electron chi connectivity index (χ0n) is 31.0. The van der Waals surface area contributed by atoms with E-state index in [1.54, 1.807) is 0 Å². The molecule has 0 amide bonds. The minimum absolute atomic E-state index is 0.0849. The lowest BCUT2D eigenvalue weighted by molar-refractivity contribution is -0.142. The van der Waals surface area contributed by atoms with Crippen LogP contribution in [0.5, 0.6) is 0 Å². The maximum Gasteiger partial charge on any atom is 0.327 e.